The summed E-state index contributed by atoms with van der Waals surface area (Å²) in [7, 11) is 0. The van der Waals surface area contributed by atoms with Crippen LogP contribution in [0.15, 0.2) is 54.6 Å². The lowest BCUT2D eigenvalue weighted by Crippen LogP contribution is -2.65. The van der Waals surface area contributed by atoms with Gasteiger partial charge in [-0.2, -0.15) is 0 Å². The Morgan fingerprint density at radius 3 is 2.38 bits per heavy atom. The quantitative estimate of drug-likeness (QED) is 0.429. The molecule has 0 amide bonds. The van der Waals surface area contributed by atoms with E-state index < -0.39 is 5.54 Å². The maximum atomic E-state index is 13.9. The van der Waals surface area contributed by atoms with E-state index in [4.69, 9.17) is 4.74 Å². The highest BCUT2D eigenvalue weighted by Crippen LogP contribution is 2.39. The van der Waals surface area contributed by atoms with E-state index >= 15 is 0 Å². The van der Waals surface area contributed by atoms with Crippen LogP contribution in [-0.4, -0.2) is 60.7 Å². The lowest BCUT2D eigenvalue weighted by molar-refractivity contribution is -0.946. The number of benzene rings is 2. The van der Waals surface area contributed by atoms with E-state index in [1.165, 1.54) is 12.0 Å². The average Bonchev–Trinajstić information content (AvgIpc) is 2.89. The van der Waals surface area contributed by atoms with Gasteiger partial charge in [-0.15, -0.1) is 0 Å². The lowest BCUT2D eigenvalue weighted by atomic mass is 9.82. The van der Waals surface area contributed by atoms with Gasteiger partial charge in [0.05, 0.1) is 19.6 Å². The Hall–Kier alpha value is -2.24. The number of quaternary nitrogens is 1. The van der Waals surface area contributed by atoms with Gasteiger partial charge in [0, 0.05) is 25.2 Å². The van der Waals surface area contributed by atoms with Gasteiger partial charge < -0.3 is 9.22 Å². The standard InChI is InChI=1S/C29H38FN2O2/c1-29(25-8-4-2-5-9-25,31-17-6-3-7-18-31)28(33)34-27-22-32(20-15-24(27)16-21-32)19-14-23-10-12-26(30)13-11-23/h2,4-5,8-13,24,27H,3,6-7,14-22H2,1H3/q+1/t24?,27-,29+,32?/m0/s1. The molecule has 0 saturated carbocycles. The minimum absolute atomic E-state index is 0.0176. The predicted molar refractivity (Wildman–Crippen MR) is 132 cm³/mol. The van der Waals surface area contributed by atoms with Gasteiger partial charge in [-0.3, -0.25) is 4.90 Å². The SMILES string of the molecule is C[C@](C(=O)O[C@H]1C[N+]2(CCc3ccc(F)cc3)CCC1CC2)(c1ccccc1)N1CCCCC1. The molecule has 0 radical (unpaired) electrons. The van der Waals surface area contributed by atoms with Crippen LogP contribution in [0.1, 0.15) is 50.2 Å². The van der Waals surface area contributed by atoms with Crippen LogP contribution in [-0.2, 0) is 21.5 Å². The number of hydrogen-bond acceptors (Lipinski definition) is 3. The third kappa shape index (κ3) is 4.65. The van der Waals surface area contributed by atoms with E-state index in [0.29, 0.717) is 5.92 Å². The predicted octanol–water partition coefficient (Wildman–Crippen LogP) is 4.92. The van der Waals surface area contributed by atoms with Crippen molar-refractivity contribution in [3.8, 4) is 0 Å². The molecule has 0 aliphatic carbocycles. The molecule has 4 heterocycles. The molecule has 0 unspecified atom stereocenters. The van der Waals surface area contributed by atoms with Crippen molar-refractivity contribution >= 4 is 5.97 Å². The first-order chi connectivity index (χ1) is 16.5. The minimum Gasteiger partial charge on any atom is -0.454 e. The molecule has 4 aliphatic heterocycles. The Morgan fingerprint density at radius 2 is 1.71 bits per heavy atom. The number of hydrogen-bond donors (Lipinski definition) is 0. The summed E-state index contributed by atoms with van der Waals surface area (Å²) in [5.74, 6) is 0.198. The van der Waals surface area contributed by atoms with Crippen molar-refractivity contribution in [1.29, 1.82) is 0 Å². The highest BCUT2D eigenvalue weighted by Gasteiger charge is 2.50. The molecular weight excluding hydrogens is 427 g/mol. The molecular formula is C29H38FN2O2+. The van der Waals surface area contributed by atoms with Crippen LogP contribution in [0.2, 0.25) is 0 Å². The second-order valence-electron chi connectivity index (χ2n) is 10.8. The molecule has 4 fully saturated rings. The maximum Gasteiger partial charge on any atom is 0.331 e. The lowest BCUT2D eigenvalue weighted by Gasteiger charge is -2.53. The summed E-state index contributed by atoms with van der Waals surface area (Å²) in [5.41, 5.74) is 1.47. The number of esters is 1. The fourth-order valence-corrected chi connectivity index (χ4v) is 6.47. The zero-order valence-corrected chi connectivity index (χ0v) is 20.4. The minimum atomic E-state index is -0.743. The normalized spacial score (nSPS) is 28.9. The Labute approximate surface area is 203 Å². The molecule has 5 heteroatoms. The van der Waals surface area contributed by atoms with Gasteiger partial charge >= 0.3 is 5.97 Å². The molecule has 4 aliphatic rings. The van der Waals surface area contributed by atoms with Crippen LogP contribution in [0.4, 0.5) is 4.39 Å². The molecule has 2 aromatic carbocycles. The number of rotatable bonds is 7. The van der Waals surface area contributed by atoms with Crippen LogP contribution >= 0.6 is 0 Å². The summed E-state index contributed by atoms with van der Waals surface area (Å²) in [5, 5.41) is 0. The number of carbonyl (C=O) groups is 1. The fraction of sp³-hybridized carbons (Fsp3) is 0.552. The van der Waals surface area contributed by atoms with Crippen LogP contribution in [0.5, 0.6) is 0 Å². The molecule has 2 atom stereocenters. The third-order valence-corrected chi connectivity index (χ3v) is 8.81. The number of ether oxygens (including phenoxy) is 1. The number of halogens is 1. The largest absolute Gasteiger partial charge is 0.454 e. The van der Waals surface area contributed by atoms with Crippen molar-refractivity contribution < 1.29 is 18.4 Å². The van der Waals surface area contributed by atoms with E-state index in [2.05, 4.69) is 24.0 Å². The highest BCUT2D eigenvalue weighted by atomic mass is 19.1. The molecule has 182 valence electrons. The van der Waals surface area contributed by atoms with Crippen molar-refractivity contribution in [1.82, 2.24) is 4.90 Å². The second-order valence-corrected chi connectivity index (χ2v) is 10.8. The first kappa shape index (κ1) is 23.5. The fourth-order valence-electron chi connectivity index (χ4n) is 6.47. The number of likely N-dealkylation sites (tertiary alicyclic amines) is 1. The summed E-state index contributed by atoms with van der Waals surface area (Å²) in [6.07, 6.45) is 6.64. The first-order valence-corrected chi connectivity index (χ1v) is 13.1. The van der Waals surface area contributed by atoms with E-state index in [1.54, 1.807) is 12.1 Å². The Bertz CT molecular complexity index is 965. The smallest absolute Gasteiger partial charge is 0.331 e. The summed E-state index contributed by atoms with van der Waals surface area (Å²) in [4.78, 5) is 16.3. The molecule has 0 N–H and O–H groups in total. The molecule has 4 nitrogen and oxygen atoms in total. The molecule has 6 rings (SSSR count). The Kier molecular flexibility index (Phi) is 6.76. The van der Waals surface area contributed by atoms with Gasteiger partial charge in [0.25, 0.3) is 0 Å². The number of carbonyl (C=O) groups excluding carboxylic acids is 1. The highest BCUT2D eigenvalue weighted by molar-refractivity contribution is 5.82. The molecule has 0 spiro atoms. The Morgan fingerprint density at radius 1 is 1.03 bits per heavy atom. The summed E-state index contributed by atoms with van der Waals surface area (Å²) < 4.78 is 20.8. The van der Waals surface area contributed by atoms with Crippen molar-refractivity contribution in [3.05, 3.63) is 71.5 Å². The summed E-state index contributed by atoms with van der Waals surface area (Å²) in [6, 6.07) is 17.1. The van der Waals surface area contributed by atoms with Gasteiger partial charge in [-0.05, 0) is 56.1 Å². The average molecular weight is 466 g/mol. The van der Waals surface area contributed by atoms with Crippen molar-refractivity contribution in [2.75, 3.05) is 39.3 Å². The zero-order valence-electron chi connectivity index (χ0n) is 20.4. The van der Waals surface area contributed by atoms with Gasteiger partial charge in [-0.25, -0.2) is 9.18 Å². The first-order valence-electron chi connectivity index (χ1n) is 13.1. The monoisotopic (exact) mass is 465 g/mol. The number of nitrogens with zero attached hydrogens (tertiary/aromatic N) is 2. The topological polar surface area (TPSA) is 29.5 Å². The van der Waals surface area contributed by atoms with Gasteiger partial charge in [0.1, 0.15) is 17.9 Å². The van der Waals surface area contributed by atoms with Crippen molar-refractivity contribution in [2.45, 2.75) is 57.1 Å². The zero-order chi connectivity index (χ0) is 23.6. The second kappa shape index (κ2) is 9.79. The number of piperidine rings is 4. The summed E-state index contributed by atoms with van der Waals surface area (Å²) in [6.45, 7) is 8.18. The van der Waals surface area contributed by atoms with Gasteiger partial charge in [0.15, 0.2) is 6.10 Å². The third-order valence-electron chi connectivity index (χ3n) is 8.81. The van der Waals surface area contributed by atoms with E-state index in [0.717, 1.165) is 81.4 Å². The molecule has 0 aromatic heterocycles. The molecule has 34 heavy (non-hydrogen) atoms. The van der Waals surface area contributed by atoms with Crippen LogP contribution in [0.3, 0.4) is 0 Å². The van der Waals surface area contributed by atoms with Gasteiger partial charge in [-0.1, -0.05) is 48.9 Å². The molecule has 4 saturated heterocycles. The van der Waals surface area contributed by atoms with Crippen LogP contribution < -0.4 is 0 Å². The maximum absolute atomic E-state index is 13.9. The van der Waals surface area contributed by atoms with Gasteiger partial charge in [0.2, 0.25) is 0 Å². The van der Waals surface area contributed by atoms with E-state index in [9.17, 15) is 9.18 Å². The Balaban J connectivity index is 1.31. The molecule has 2 bridgehead atoms. The number of fused-ring (bicyclic) bond motifs is 3. The van der Waals surface area contributed by atoms with E-state index in [-0.39, 0.29) is 17.9 Å². The van der Waals surface area contributed by atoms with Crippen LogP contribution in [0, 0.1) is 11.7 Å². The van der Waals surface area contributed by atoms with Crippen LogP contribution in [0.25, 0.3) is 0 Å². The molecule has 2 aromatic rings. The van der Waals surface area contributed by atoms with Crippen molar-refractivity contribution in [2.24, 2.45) is 5.92 Å². The van der Waals surface area contributed by atoms with E-state index in [1.807, 2.05) is 30.3 Å². The summed E-state index contributed by atoms with van der Waals surface area (Å²) >= 11 is 0. The van der Waals surface area contributed by atoms with Crippen molar-refractivity contribution in [3.63, 3.8) is 0 Å².